The van der Waals surface area contributed by atoms with Crippen molar-refractivity contribution in [3.63, 3.8) is 0 Å². The summed E-state index contributed by atoms with van der Waals surface area (Å²) >= 11 is 1.81. The Balaban J connectivity index is 2.12. The van der Waals surface area contributed by atoms with E-state index in [2.05, 4.69) is 54.0 Å². The number of rotatable bonds is 6. The number of nitrogens with one attached hydrogen (secondary N) is 1. The first-order valence-corrected chi connectivity index (χ1v) is 7.52. The lowest BCUT2D eigenvalue weighted by Gasteiger charge is -2.15. The van der Waals surface area contributed by atoms with Gasteiger partial charge < -0.3 is 5.32 Å². The molecule has 2 heteroatoms. The largest absolute Gasteiger partial charge is 0.309 e. The number of hydrogen-bond donors (Lipinski definition) is 1. The van der Waals surface area contributed by atoms with Crippen LogP contribution in [0.15, 0.2) is 41.8 Å². The lowest BCUT2D eigenvalue weighted by molar-refractivity contribution is 0.703. The van der Waals surface area contributed by atoms with E-state index in [9.17, 15) is 0 Å². The van der Waals surface area contributed by atoms with Crippen LogP contribution in [-0.4, -0.2) is 7.05 Å². The molecule has 0 saturated heterocycles. The van der Waals surface area contributed by atoms with Crippen molar-refractivity contribution in [2.24, 2.45) is 0 Å². The van der Waals surface area contributed by atoms with Crippen molar-refractivity contribution >= 4 is 11.3 Å². The highest BCUT2D eigenvalue weighted by Crippen LogP contribution is 2.25. The molecule has 0 fully saturated rings. The molecule has 1 heterocycles. The molecule has 0 aliphatic carbocycles. The molecular weight excluding hydrogens is 238 g/mol. The molecule has 0 aliphatic heterocycles. The second-order valence-electron chi connectivity index (χ2n) is 4.58. The van der Waals surface area contributed by atoms with Gasteiger partial charge in [0.1, 0.15) is 0 Å². The maximum Gasteiger partial charge on any atom is 0.0668 e. The maximum atomic E-state index is 3.39. The normalized spacial score (nSPS) is 12.6. The Kier molecular flexibility index (Phi) is 4.97. The van der Waals surface area contributed by atoms with Crippen molar-refractivity contribution in [3.05, 3.63) is 57.8 Å². The summed E-state index contributed by atoms with van der Waals surface area (Å²) in [4.78, 5) is 1.37. The van der Waals surface area contributed by atoms with Gasteiger partial charge in [0.2, 0.25) is 0 Å². The zero-order valence-corrected chi connectivity index (χ0v) is 12.0. The molecule has 0 amide bonds. The highest BCUT2D eigenvalue weighted by molar-refractivity contribution is 7.10. The van der Waals surface area contributed by atoms with E-state index in [-0.39, 0.29) is 0 Å². The van der Waals surface area contributed by atoms with Crippen LogP contribution in [0.4, 0.5) is 0 Å². The fourth-order valence-corrected chi connectivity index (χ4v) is 3.05. The Morgan fingerprint density at radius 3 is 2.50 bits per heavy atom. The van der Waals surface area contributed by atoms with Crippen molar-refractivity contribution in [1.29, 1.82) is 0 Å². The van der Waals surface area contributed by atoms with E-state index in [1.807, 2.05) is 7.05 Å². The summed E-state index contributed by atoms with van der Waals surface area (Å²) < 4.78 is 0. The van der Waals surface area contributed by atoms with Gasteiger partial charge in [0, 0.05) is 4.88 Å². The van der Waals surface area contributed by atoms with Gasteiger partial charge in [-0.25, -0.2) is 0 Å². The van der Waals surface area contributed by atoms with Crippen molar-refractivity contribution in [2.75, 3.05) is 7.05 Å². The zero-order chi connectivity index (χ0) is 12.8. The molecule has 1 aromatic heterocycles. The smallest absolute Gasteiger partial charge is 0.0668 e. The van der Waals surface area contributed by atoms with E-state index in [1.165, 1.54) is 35.3 Å². The summed E-state index contributed by atoms with van der Waals surface area (Å²) in [5.74, 6) is 0. The van der Waals surface area contributed by atoms with Gasteiger partial charge in [-0.2, -0.15) is 0 Å². The SMILES string of the molecule is CCCCc1ccc(C(NC)c2cccs2)cc1. The first-order chi connectivity index (χ1) is 8.85. The highest BCUT2D eigenvalue weighted by Gasteiger charge is 2.12. The Hall–Kier alpha value is -1.12. The molecule has 1 nitrogen and oxygen atoms in total. The summed E-state index contributed by atoms with van der Waals surface area (Å²) in [7, 11) is 2.02. The van der Waals surface area contributed by atoms with E-state index >= 15 is 0 Å². The molecule has 0 radical (unpaired) electrons. The van der Waals surface area contributed by atoms with Gasteiger partial charge in [-0.05, 0) is 42.5 Å². The number of thiophene rings is 1. The van der Waals surface area contributed by atoms with E-state index in [4.69, 9.17) is 0 Å². The maximum absolute atomic E-state index is 3.39. The summed E-state index contributed by atoms with van der Waals surface area (Å²) in [6.45, 7) is 2.24. The molecule has 0 bridgehead atoms. The standard InChI is InChI=1S/C16H21NS/c1-3-4-6-13-8-10-14(11-9-13)16(17-2)15-7-5-12-18-15/h5,7-12,16-17H,3-4,6H2,1-2H3. The van der Waals surface area contributed by atoms with Crippen LogP contribution in [0.1, 0.15) is 41.8 Å². The average molecular weight is 259 g/mol. The lowest BCUT2D eigenvalue weighted by Crippen LogP contribution is -2.16. The second-order valence-corrected chi connectivity index (χ2v) is 5.56. The minimum Gasteiger partial charge on any atom is -0.309 e. The van der Waals surface area contributed by atoms with Crippen molar-refractivity contribution < 1.29 is 0 Å². The van der Waals surface area contributed by atoms with Crippen molar-refractivity contribution in [3.8, 4) is 0 Å². The molecular formula is C16H21NS. The van der Waals surface area contributed by atoms with Crippen LogP contribution in [0.3, 0.4) is 0 Å². The third-order valence-corrected chi connectivity index (χ3v) is 4.19. The van der Waals surface area contributed by atoms with Crippen molar-refractivity contribution in [2.45, 2.75) is 32.2 Å². The fourth-order valence-electron chi connectivity index (χ4n) is 2.19. The predicted octanol–water partition coefficient (Wildman–Crippen LogP) is 4.40. The van der Waals surface area contributed by atoms with Gasteiger partial charge in [0.15, 0.2) is 0 Å². The highest BCUT2D eigenvalue weighted by atomic mass is 32.1. The van der Waals surface area contributed by atoms with Gasteiger partial charge in [-0.1, -0.05) is 43.7 Å². The average Bonchev–Trinajstić information content (AvgIpc) is 2.93. The molecule has 1 N–H and O–H groups in total. The number of benzene rings is 1. The number of aryl methyl sites for hydroxylation is 1. The van der Waals surface area contributed by atoms with Crippen LogP contribution in [-0.2, 0) is 6.42 Å². The molecule has 1 atom stereocenters. The van der Waals surface area contributed by atoms with Crippen LogP contribution in [0.5, 0.6) is 0 Å². The molecule has 0 spiro atoms. The molecule has 1 unspecified atom stereocenters. The van der Waals surface area contributed by atoms with E-state index in [1.54, 1.807) is 11.3 Å². The molecule has 0 saturated carbocycles. The minimum atomic E-state index is 0.324. The van der Waals surface area contributed by atoms with Crippen molar-refractivity contribution in [1.82, 2.24) is 5.32 Å². The monoisotopic (exact) mass is 259 g/mol. The van der Waals surface area contributed by atoms with Crippen LogP contribution in [0.25, 0.3) is 0 Å². The number of unbranched alkanes of at least 4 members (excludes halogenated alkanes) is 1. The molecule has 96 valence electrons. The Labute approximate surface area is 114 Å². The van der Waals surface area contributed by atoms with Gasteiger partial charge in [0.25, 0.3) is 0 Å². The first kappa shape index (κ1) is 13.3. The first-order valence-electron chi connectivity index (χ1n) is 6.64. The van der Waals surface area contributed by atoms with Crippen LogP contribution in [0, 0.1) is 0 Å². The minimum absolute atomic E-state index is 0.324. The van der Waals surface area contributed by atoms with Crippen LogP contribution >= 0.6 is 11.3 Å². The van der Waals surface area contributed by atoms with E-state index in [0.29, 0.717) is 6.04 Å². The van der Waals surface area contributed by atoms with Crippen LogP contribution in [0.2, 0.25) is 0 Å². The van der Waals surface area contributed by atoms with E-state index < -0.39 is 0 Å². The molecule has 18 heavy (non-hydrogen) atoms. The second kappa shape index (κ2) is 6.72. The number of hydrogen-bond acceptors (Lipinski definition) is 2. The molecule has 0 aliphatic rings. The third kappa shape index (κ3) is 3.21. The van der Waals surface area contributed by atoms with Gasteiger partial charge in [-0.3, -0.25) is 0 Å². The summed E-state index contributed by atoms with van der Waals surface area (Å²) in [5, 5.41) is 5.53. The fraction of sp³-hybridized carbons (Fsp3) is 0.375. The van der Waals surface area contributed by atoms with Crippen LogP contribution < -0.4 is 5.32 Å². The van der Waals surface area contributed by atoms with Gasteiger partial charge in [0.05, 0.1) is 6.04 Å². The predicted molar refractivity (Wildman–Crippen MR) is 80.3 cm³/mol. The summed E-state index contributed by atoms with van der Waals surface area (Å²) in [6.07, 6.45) is 3.73. The van der Waals surface area contributed by atoms with Gasteiger partial charge in [-0.15, -0.1) is 11.3 Å². The Morgan fingerprint density at radius 2 is 1.94 bits per heavy atom. The van der Waals surface area contributed by atoms with E-state index in [0.717, 1.165) is 0 Å². The summed E-state index contributed by atoms with van der Waals surface area (Å²) in [6, 6.07) is 13.7. The zero-order valence-electron chi connectivity index (χ0n) is 11.1. The summed E-state index contributed by atoms with van der Waals surface area (Å²) in [5.41, 5.74) is 2.79. The third-order valence-electron chi connectivity index (χ3n) is 3.25. The molecule has 2 rings (SSSR count). The Bertz CT molecular complexity index is 444. The topological polar surface area (TPSA) is 12.0 Å². The quantitative estimate of drug-likeness (QED) is 0.811. The van der Waals surface area contributed by atoms with Gasteiger partial charge >= 0.3 is 0 Å². The molecule has 2 aromatic rings. The molecule has 1 aromatic carbocycles. The Morgan fingerprint density at radius 1 is 1.17 bits per heavy atom. The lowest BCUT2D eigenvalue weighted by atomic mass is 10.0.